The predicted molar refractivity (Wildman–Crippen MR) is 204 cm³/mol. The fourth-order valence-corrected chi connectivity index (χ4v) is 9.16. The Hall–Kier alpha value is -6.39. The highest BCUT2D eigenvalue weighted by Gasteiger charge is 2.38. The van der Waals surface area contributed by atoms with E-state index in [9.17, 15) is 0 Å². The molecule has 0 saturated heterocycles. The molecule has 6 aromatic carbocycles. The third kappa shape index (κ3) is 3.21. The van der Waals surface area contributed by atoms with Crippen molar-refractivity contribution in [3.05, 3.63) is 163 Å². The van der Waals surface area contributed by atoms with Crippen LogP contribution in [0.2, 0.25) is 0 Å². The highest BCUT2D eigenvalue weighted by Crippen LogP contribution is 2.49. The maximum atomic E-state index is 4.87. The van der Waals surface area contributed by atoms with Crippen LogP contribution < -0.4 is 4.90 Å². The van der Waals surface area contributed by atoms with E-state index in [-0.39, 0.29) is 6.04 Å². The van der Waals surface area contributed by atoms with E-state index >= 15 is 0 Å². The van der Waals surface area contributed by atoms with Crippen LogP contribution in [0.1, 0.15) is 11.5 Å². The molecule has 0 bridgehead atoms. The van der Waals surface area contributed by atoms with Crippen molar-refractivity contribution in [2.75, 3.05) is 4.90 Å². The van der Waals surface area contributed by atoms with Crippen molar-refractivity contribution in [3.8, 4) is 5.69 Å². The van der Waals surface area contributed by atoms with Gasteiger partial charge in [0.25, 0.3) is 0 Å². The first-order valence-corrected chi connectivity index (χ1v) is 17.1. The Morgan fingerprint density at radius 2 is 1.20 bits per heavy atom. The summed E-state index contributed by atoms with van der Waals surface area (Å²) in [5.41, 5.74) is 9.87. The van der Waals surface area contributed by atoms with Gasteiger partial charge in [-0.3, -0.25) is 0 Å². The summed E-state index contributed by atoms with van der Waals surface area (Å²) in [6.45, 7) is 0. The van der Waals surface area contributed by atoms with Crippen LogP contribution in [0.15, 0.2) is 158 Å². The van der Waals surface area contributed by atoms with E-state index in [2.05, 4.69) is 166 Å². The Morgan fingerprint density at radius 1 is 0.510 bits per heavy atom. The number of rotatable bonds is 2. The first-order chi connectivity index (χ1) is 24.3. The fourth-order valence-electron chi connectivity index (χ4n) is 9.16. The molecule has 1 aliphatic heterocycles. The maximum absolute atomic E-state index is 4.87. The second-order valence-corrected chi connectivity index (χ2v) is 13.6. The van der Waals surface area contributed by atoms with Crippen LogP contribution in [0.4, 0.5) is 11.5 Å². The van der Waals surface area contributed by atoms with Crippen LogP contribution in [0.25, 0.3) is 76.4 Å². The van der Waals surface area contributed by atoms with Crippen LogP contribution >= 0.6 is 0 Å². The molecule has 0 N–H and O–H groups in total. The molecule has 2 aliphatic rings. The number of benzene rings is 6. The lowest BCUT2D eigenvalue weighted by Crippen LogP contribution is -2.28. The number of nitrogens with zero attached hydrogens (tertiary/aromatic N) is 4. The number of hydrogen-bond acceptors (Lipinski definition) is 2. The fraction of sp³-hybridized carbons (Fsp3) is 0.0444. The lowest BCUT2D eigenvalue weighted by molar-refractivity contribution is 0.743. The van der Waals surface area contributed by atoms with Crippen molar-refractivity contribution in [2.24, 2.45) is 0 Å². The molecule has 0 saturated carbocycles. The van der Waals surface area contributed by atoms with Gasteiger partial charge in [-0.1, -0.05) is 91.0 Å². The molecule has 4 aromatic heterocycles. The van der Waals surface area contributed by atoms with E-state index in [0.717, 1.165) is 17.2 Å². The van der Waals surface area contributed by atoms with E-state index in [1.54, 1.807) is 0 Å². The van der Waals surface area contributed by atoms with Crippen molar-refractivity contribution in [1.29, 1.82) is 0 Å². The van der Waals surface area contributed by atoms with Crippen molar-refractivity contribution in [1.82, 2.24) is 14.0 Å². The summed E-state index contributed by atoms with van der Waals surface area (Å²) in [4.78, 5) is 7.28. The van der Waals surface area contributed by atoms with Crippen LogP contribution in [0, 0.1) is 0 Å². The number of allylic oxidation sites excluding steroid dienone is 2. The van der Waals surface area contributed by atoms with Gasteiger partial charge in [0, 0.05) is 61.4 Å². The molecule has 5 heterocycles. The van der Waals surface area contributed by atoms with Crippen LogP contribution in [-0.4, -0.2) is 20.0 Å². The second kappa shape index (κ2) is 9.15. The average molecular weight is 625 g/mol. The third-order valence-corrected chi connectivity index (χ3v) is 11.2. The van der Waals surface area contributed by atoms with Gasteiger partial charge >= 0.3 is 0 Å². The summed E-state index contributed by atoms with van der Waals surface area (Å²) in [5, 5.41) is 10.3. The molecule has 228 valence electrons. The molecule has 2 unspecified atom stereocenters. The smallest absolute Gasteiger partial charge is 0.137 e. The van der Waals surface area contributed by atoms with Gasteiger partial charge in [-0.2, -0.15) is 0 Å². The zero-order chi connectivity index (χ0) is 31.8. The largest absolute Gasteiger partial charge is 0.318 e. The monoisotopic (exact) mass is 624 g/mol. The Labute approximate surface area is 281 Å². The third-order valence-electron chi connectivity index (χ3n) is 11.2. The van der Waals surface area contributed by atoms with Crippen molar-refractivity contribution >= 4 is 82.2 Å². The molecule has 1 aliphatic carbocycles. The van der Waals surface area contributed by atoms with Gasteiger partial charge in [0.1, 0.15) is 5.82 Å². The summed E-state index contributed by atoms with van der Waals surface area (Å²) >= 11 is 0. The molecule has 0 spiro atoms. The summed E-state index contributed by atoms with van der Waals surface area (Å²) < 4.78 is 5.00. The number of hydrogen-bond donors (Lipinski definition) is 0. The topological polar surface area (TPSA) is 25.5 Å². The summed E-state index contributed by atoms with van der Waals surface area (Å²) in [6, 6.07) is 47.4. The number of pyridine rings is 1. The average Bonchev–Trinajstić information content (AvgIpc) is 3.88. The van der Waals surface area contributed by atoms with E-state index in [1.807, 2.05) is 6.20 Å². The maximum Gasteiger partial charge on any atom is 0.137 e. The normalized spacial score (nSPS) is 17.2. The number of anilines is 2. The standard InChI is InChI=1S/C45H28N4/c1-2-11-28-25-41-35(24-27(28)10-1)37-26-36-32-13-4-7-17-39(32)49-40-18-8-5-14-34(40)42(44(36)49)43(37)47(41)29-19-21-30(22-20-29)48-38-16-6-3-12-31(38)33-15-9-23-46-45(33)48/h1-26,31,38H. The van der Waals surface area contributed by atoms with Gasteiger partial charge in [0.05, 0.1) is 33.6 Å². The van der Waals surface area contributed by atoms with Gasteiger partial charge in [0.2, 0.25) is 0 Å². The molecule has 12 rings (SSSR count). The highest BCUT2D eigenvalue weighted by atomic mass is 15.2. The minimum absolute atomic E-state index is 0.216. The number of aromatic nitrogens is 3. The summed E-state index contributed by atoms with van der Waals surface area (Å²) in [5.74, 6) is 1.35. The first-order valence-electron chi connectivity index (χ1n) is 17.1. The van der Waals surface area contributed by atoms with Gasteiger partial charge < -0.3 is 13.9 Å². The lowest BCUT2D eigenvalue weighted by Gasteiger charge is -2.28. The van der Waals surface area contributed by atoms with Crippen molar-refractivity contribution in [3.63, 3.8) is 0 Å². The zero-order valence-corrected chi connectivity index (χ0v) is 26.5. The molecular formula is C45H28N4. The molecule has 2 atom stereocenters. The zero-order valence-electron chi connectivity index (χ0n) is 26.5. The molecule has 10 aromatic rings. The lowest BCUT2D eigenvalue weighted by atomic mass is 9.92. The molecule has 4 nitrogen and oxygen atoms in total. The number of para-hydroxylation sites is 2. The van der Waals surface area contributed by atoms with E-state index in [1.165, 1.54) is 76.2 Å². The SMILES string of the molecule is C1=CC2c3cccnc3N(c3ccc(-n4c5cc6ccccc6cc5c5cc6c7ccccc7n7c8ccccc8c(c54)c67)cc3)C2C=C1. The van der Waals surface area contributed by atoms with Crippen molar-refractivity contribution < 1.29 is 0 Å². The number of fused-ring (bicyclic) bond motifs is 14. The second-order valence-electron chi connectivity index (χ2n) is 13.6. The Bertz CT molecular complexity index is 3070. The van der Waals surface area contributed by atoms with Crippen LogP contribution in [0.5, 0.6) is 0 Å². The molecule has 0 fully saturated rings. The predicted octanol–water partition coefficient (Wildman–Crippen LogP) is 11.2. The van der Waals surface area contributed by atoms with Crippen LogP contribution in [0.3, 0.4) is 0 Å². The molecule has 0 amide bonds. The van der Waals surface area contributed by atoms with E-state index in [0.29, 0.717) is 5.92 Å². The quantitative estimate of drug-likeness (QED) is 0.191. The van der Waals surface area contributed by atoms with Gasteiger partial charge in [-0.05, 0) is 71.4 Å². The van der Waals surface area contributed by atoms with E-state index in [4.69, 9.17) is 4.98 Å². The molecule has 4 heteroatoms. The Morgan fingerprint density at radius 3 is 2.06 bits per heavy atom. The van der Waals surface area contributed by atoms with Crippen molar-refractivity contribution in [2.45, 2.75) is 12.0 Å². The van der Waals surface area contributed by atoms with Gasteiger partial charge in [-0.15, -0.1) is 0 Å². The highest BCUT2D eigenvalue weighted by molar-refractivity contribution is 6.34. The summed E-state index contributed by atoms with van der Waals surface area (Å²) in [7, 11) is 0. The van der Waals surface area contributed by atoms with Gasteiger partial charge in [0.15, 0.2) is 0 Å². The molecule has 0 radical (unpaired) electrons. The Balaban J connectivity index is 1.19. The summed E-state index contributed by atoms with van der Waals surface area (Å²) in [6.07, 6.45) is 10.9. The van der Waals surface area contributed by atoms with E-state index < -0.39 is 0 Å². The minimum atomic E-state index is 0.216. The van der Waals surface area contributed by atoms with Crippen LogP contribution in [-0.2, 0) is 0 Å². The first kappa shape index (κ1) is 25.7. The molecule has 49 heavy (non-hydrogen) atoms. The van der Waals surface area contributed by atoms with Gasteiger partial charge in [-0.25, -0.2) is 4.98 Å². The minimum Gasteiger partial charge on any atom is -0.318 e. The molecular weight excluding hydrogens is 597 g/mol. The Kier molecular flexibility index (Phi) is 4.79.